The van der Waals surface area contributed by atoms with Gasteiger partial charge >= 0.3 is 6.18 Å². The molecule has 2 fully saturated rings. The lowest BCUT2D eigenvalue weighted by atomic mass is 9.82. The summed E-state index contributed by atoms with van der Waals surface area (Å²) in [5.74, 6) is 0.345. The Bertz CT molecular complexity index is 1440. The topological polar surface area (TPSA) is 118 Å². The molecule has 3 N–H and O–H groups in total. The zero-order chi connectivity index (χ0) is 29.3. The number of halogens is 3. The maximum absolute atomic E-state index is 13.6. The van der Waals surface area contributed by atoms with Crippen molar-refractivity contribution < 1.29 is 32.2 Å². The number of aromatic amines is 1. The quantitative estimate of drug-likeness (QED) is 0.339. The lowest BCUT2D eigenvalue weighted by Crippen LogP contribution is -2.48. The second kappa shape index (κ2) is 11.7. The number of rotatable bonds is 9. The summed E-state index contributed by atoms with van der Waals surface area (Å²) >= 11 is 0. The number of nitrogens with one attached hydrogen (secondary N) is 3. The minimum absolute atomic E-state index is 0.000262. The molecule has 0 unspecified atom stereocenters. The van der Waals surface area contributed by atoms with E-state index in [-0.39, 0.29) is 47.7 Å². The van der Waals surface area contributed by atoms with Crippen LogP contribution in [0.3, 0.4) is 0 Å². The van der Waals surface area contributed by atoms with Crippen molar-refractivity contribution in [3.63, 3.8) is 0 Å². The molecule has 2 heterocycles. The fourth-order valence-corrected chi connectivity index (χ4v) is 5.49. The van der Waals surface area contributed by atoms with E-state index in [1.54, 1.807) is 6.92 Å². The Hall–Kier alpha value is -3.67. The summed E-state index contributed by atoms with van der Waals surface area (Å²) in [5.41, 5.74) is 1.13. The summed E-state index contributed by atoms with van der Waals surface area (Å²) in [6.07, 6.45) is 0.840. The number of hydrogen-bond acceptors (Lipinski definition) is 6. The van der Waals surface area contributed by atoms with Gasteiger partial charge in [-0.1, -0.05) is 6.92 Å². The van der Waals surface area contributed by atoms with Crippen molar-refractivity contribution in [3.8, 4) is 17.0 Å². The van der Waals surface area contributed by atoms with Gasteiger partial charge in [0.15, 0.2) is 0 Å². The number of ether oxygens (including phenoxy) is 2. The zero-order valence-electron chi connectivity index (χ0n) is 23.2. The molecule has 0 spiro atoms. The van der Waals surface area contributed by atoms with E-state index in [1.807, 2.05) is 6.92 Å². The minimum Gasteiger partial charge on any atom is -0.493 e. The first kappa shape index (κ1) is 28.8. The number of benzene rings is 1. The van der Waals surface area contributed by atoms with E-state index >= 15 is 0 Å². The van der Waals surface area contributed by atoms with Crippen molar-refractivity contribution in [3.05, 3.63) is 41.3 Å². The van der Waals surface area contributed by atoms with Gasteiger partial charge in [0.2, 0.25) is 5.91 Å². The molecule has 0 bridgehead atoms. The molecule has 0 saturated heterocycles. The van der Waals surface area contributed by atoms with Gasteiger partial charge in [-0.05, 0) is 69.1 Å². The Morgan fingerprint density at radius 3 is 2.59 bits per heavy atom. The highest BCUT2D eigenvalue weighted by molar-refractivity contribution is 6.09. The van der Waals surface area contributed by atoms with Crippen molar-refractivity contribution in [2.45, 2.75) is 64.2 Å². The summed E-state index contributed by atoms with van der Waals surface area (Å²) in [5, 5.41) is 6.08. The molecule has 12 heteroatoms. The molecule has 2 saturated carbocycles. The molecular weight excluding hydrogens is 539 g/mol. The van der Waals surface area contributed by atoms with Crippen LogP contribution in [-0.4, -0.2) is 59.2 Å². The van der Waals surface area contributed by atoms with Crippen LogP contribution in [0, 0.1) is 18.8 Å². The number of aromatic nitrogens is 3. The number of hydrogen-bond donors (Lipinski definition) is 3. The molecule has 41 heavy (non-hydrogen) atoms. The second-order valence-electron chi connectivity index (χ2n) is 11.1. The van der Waals surface area contributed by atoms with E-state index in [9.17, 15) is 22.8 Å². The molecule has 220 valence electrons. The van der Waals surface area contributed by atoms with Crippen LogP contribution in [-0.2, 0) is 15.7 Å². The van der Waals surface area contributed by atoms with Crippen molar-refractivity contribution in [2.75, 3.05) is 20.3 Å². The van der Waals surface area contributed by atoms with Crippen molar-refractivity contribution in [1.29, 1.82) is 0 Å². The predicted octanol–water partition coefficient (Wildman–Crippen LogP) is 4.79. The Balaban J connectivity index is 1.40. The third-order valence-electron chi connectivity index (χ3n) is 7.86. The van der Waals surface area contributed by atoms with Gasteiger partial charge in [0.1, 0.15) is 29.9 Å². The molecular formula is C29H34F3N5O4. The van der Waals surface area contributed by atoms with Crippen molar-refractivity contribution >= 4 is 22.8 Å². The highest BCUT2D eigenvalue weighted by Crippen LogP contribution is 2.40. The monoisotopic (exact) mass is 573 g/mol. The summed E-state index contributed by atoms with van der Waals surface area (Å²) in [6, 6.07) is 3.25. The third kappa shape index (κ3) is 6.47. The SMILES string of the molecule is COCC(=O)N[C@H]1CC[C@@H](NC(=O)c2c(C)[nH]c3c(-c4cc(C(F)(F)F)ccc4OCC4CC4)ncnc23)C[C@H]1C. The van der Waals surface area contributed by atoms with E-state index in [0.29, 0.717) is 59.8 Å². The van der Waals surface area contributed by atoms with E-state index in [2.05, 4.69) is 25.6 Å². The first-order valence-electron chi connectivity index (χ1n) is 13.8. The van der Waals surface area contributed by atoms with Gasteiger partial charge in [0.25, 0.3) is 5.91 Å². The molecule has 3 aromatic rings. The van der Waals surface area contributed by atoms with Gasteiger partial charge in [0, 0.05) is 30.5 Å². The van der Waals surface area contributed by atoms with E-state index in [1.165, 1.54) is 19.5 Å². The lowest BCUT2D eigenvalue weighted by Gasteiger charge is -2.35. The molecule has 1 aromatic carbocycles. The fraction of sp³-hybridized carbons (Fsp3) is 0.517. The molecule has 2 amide bonds. The van der Waals surface area contributed by atoms with Gasteiger partial charge in [-0.25, -0.2) is 9.97 Å². The van der Waals surface area contributed by atoms with Crippen LogP contribution in [0.25, 0.3) is 22.3 Å². The number of nitrogens with zero attached hydrogens (tertiary/aromatic N) is 2. The van der Waals surface area contributed by atoms with Crippen LogP contribution < -0.4 is 15.4 Å². The first-order valence-corrected chi connectivity index (χ1v) is 13.8. The standard InChI is InChI=1S/C29H34F3N5O4/c1-15-10-19(7-8-21(15)37-23(38)13-40-3)36-28(39)24-16(2)35-27-25(33-14-34-26(24)27)20-11-18(29(30,31)32)6-9-22(20)41-12-17-4-5-17/h6,9,11,14-15,17,19,21,35H,4-5,7-8,10,12-13H2,1-3H3,(H,36,39)(H,37,38)/t15-,19-,21+/m1/s1. The van der Waals surface area contributed by atoms with Crippen LogP contribution in [0.15, 0.2) is 24.5 Å². The van der Waals surface area contributed by atoms with Crippen molar-refractivity contribution in [1.82, 2.24) is 25.6 Å². The zero-order valence-corrected chi connectivity index (χ0v) is 23.2. The number of H-pyrrole nitrogens is 1. The minimum atomic E-state index is -4.55. The first-order chi connectivity index (χ1) is 19.5. The summed E-state index contributed by atoms with van der Waals surface area (Å²) < 4.78 is 51.7. The number of alkyl halides is 3. The molecule has 2 aliphatic rings. The molecule has 3 atom stereocenters. The van der Waals surface area contributed by atoms with E-state index in [0.717, 1.165) is 25.0 Å². The average molecular weight is 574 g/mol. The summed E-state index contributed by atoms with van der Waals surface area (Å²) in [7, 11) is 1.47. The van der Waals surface area contributed by atoms with Crippen LogP contribution >= 0.6 is 0 Å². The Labute approximate surface area is 235 Å². The van der Waals surface area contributed by atoms with Crippen LogP contribution in [0.2, 0.25) is 0 Å². The molecule has 9 nitrogen and oxygen atoms in total. The third-order valence-corrected chi connectivity index (χ3v) is 7.86. The van der Waals surface area contributed by atoms with Crippen molar-refractivity contribution in [2.24, 2.45) is 11.8 Å². The average Bonchev–Trinajstić information content (AvgIpc) is 3.68. The number of methoxy groups -OCH3 is 1. The number of fused-ring (bicyclic) bond motifs is 1. The van der Waals surface area contributed by atoms with E-state index in [4.69, 9.17) is 9.47 Å². The molecule has 2 aromatic heterocycles. The lowest BCUT2D eigenvalue weighted by molar-refractivity contribution is -0.137. The van der Waals surface area contributed by atoms with Crippen LogP contribution in [0.5, 0.6) is 5.75 Å². The molecule has 5 rings (SSSR count). The number of carbonyl (C=O) groups is 2. The van der Waals surface area contributed by atoms with Crippen LogP contribution in [0.4, 0.5) is 13.2 Å². The largest absolute Gasteiger partial charge is 0.493 e. The van der Waals surface area contributed by atoms with Gasteiger partial charge in [-0.15, -0.1) is 0 Å². The van der Waals surface area contributed by atoms with Gasteiger partial charge < -0.3 is 25.1 Å². The van der Waals surface area contributed by atoms with Gasteiger partial charge in [-0.3, -0.25) is 9.59 Å². The van der Waals surface area contributed by atoms with Gasteiger partial charge in [-0.2, -0.15) is 13.2 Å². The molecule has 0 aliphatic heterocycles. The van der Waals surface area contributed by atoms with E-state index < -0.39 is 11.7 Å². The number of amides is 2. The van der Waals surface area contributed by atoms with Gasteiger partial charge in [0.05, 0.1) is 23.3 Å². The Morgan fingerprint density at radius 2 is 1.90 bits per heavy atom. The number of carbonyl (C=O) groups excluding carboxylic acids is 2. The second-order valence-corrected chi connectivity index (χ2v) is 11.1. The predicted molar refractivity (Wildman–Crippen MR) is 145 cm³/mol. The normalized spacial score (nSPS) is 21.1. The fourth-order valence-electron chi connectivity index (χ4n) is 5.49. The molecule has 0 radical (unpaired) electrons. The highest BCUT2D eigenvalue weighted by atomic mass is 19.4. The summed E-state index contributed by atoms with van der Waals surface area (Å²) in [4.78, 5) is 37.2. The Morgan fingerprint density at radius 1 is 1.12 bits per heavy atom. The smallest absolute Gasteiger partial charge is 0.416 e. The highest BCUT2D eigenvalue weighted by Gasteiger charge is 2.33. The maximum atomic E-state index is 13.6. The number of aryl methyl sites for hydroxylation is 1. The Kier molecular flexibility index (Phi) is 8.21. The molecule has 2 aliphatic carbocycles. The maximum Gasteiger partial charge on any atom is 0.416 e. The van der Waals surface area contributed by atoms with Crippen LogP contribution in [0.1, 0.15) is 60.6 Å². The summed E-state index contributed by atoms with van der Waals surface area (Å²) in [6.45, 7) is 4.18.